The topological polar surface area (TPSA) is 70.1 Å². The Morgan fingerprint density at radius 1 is 1.53 bits per heavy atom. The van der Waals surface area contributed by atoms with Crippen molar-refractivity contribution in [3.63, 3.8) is 0 Å². The fourth-order valence-electron chi connectivity index (χ4n) is 1.48. The van der Waals surface area contributed by atoms with Crippen molar-refractivity contribution in [2.75, 3.05) is 12.3 Å². The number of carbonyl (C=O) groups is 1. The van der Waals surface area contributed by atoms with E-state index >= 15 is 0 Å². The lowest BCUT2D eigenvalue weighted by Crippen LogP contribution is -2.04. The van der Waals surface area contributed by atoms with E-state index in [1.807, 2.05) is 6.92 Å². The predicted octanol–water partition coefficient (Wildman–Crippen LogP) is 2.24. The third kappa shape index (κ3) is 5.08. The molecule has 0 amide bonds. The Labute approximate surface area is 106 Å². The third-order valence-electron chi connectivity index (χ3n) is 2.32. The summed E-state index contributed by atoms with van der Waals surface area (Å²) in [6.07, 6.45) is 4.93. The van der Waals surface area contributed by atoms with E-state index < -0.39 is 0 Å². The molecule has 96 valence electrons. The van der Waals surface area contributed by atoms with E-state index in [0.29, 0.717) is 23.9 Å². The molecular formula is C11H18ClN3O2. The lowest BCUT2D eigenvalue weighted by molar-refractivity contribution is -0.143. The van der Waals surface area contributed by atoms with E-state index in [0.717, 1.165) is 25.8 Å². The van der Waals surface area contributed by atoms with E-state index in [-0.39, 0.29) is 5.97 Å². The van der Waals surface area contributed by atoms with Crippen molar-refractivity contribution < 1.29 is 9.53 Å². The molecule has 0 unspecified atom stereocenters. The third-order valence-corrected chi connectivity index (χ3v) is 2.61. The molecule has 0 saturated heterocycles. The molecule has 1 rings (SSSR count). The average molecular weight is 260 g/mol. The van der Waals surface area contributed by atoms with Crippen LogP contribution in [0.1, 0.15) is 32.6 Å². The molecule has 6 heteroatoms. The van der Waals surface area contributed by atoms with Crippen molar-refractivity contribution in [1.29, 1.82) is 0 Å². The van der Waals surface area contributed by atoms with Crippen LogP contribution in [0, 0.1) is 0 Å². The van der Waals surface area contributed by atoms with Gasteiger partial charge in [0.1, 0.15) is 5.02 Å². The monoisotopic (exact) mass is 259 g/mol. The summed E-state index contributed by atoms with van der Waals surface area (Å²) in [7, 11) is 0. The second kappa shape index (κ2) is 7.17. The zero-order valence-electron chi connectivity index (χ0n) is 9.99. The summed E-state index contributed by atoms with van der Waals surface area (Å²) in [5.41, 5.74) is 5.52. The van der Waals surface area contributed by atoms with Gasteiger partial charge >= 0.3 is 5.97 Å². The maximum atomic E-state index is 11.1. The number of halogens is 1. The standard InChI is InChI=1S/C11H18ClN3O2/c1-2-17-10(16)6-4-3-5-7-15-8-9(12)11(13)14-15/h8H,2-7H2,1H3,(H2,13,14). The maximum Gasteiger partial charge on any atom is 0.305 e. The Hall–Kier alpha value is -1.23. The van der Waals surface area contributed by atoms with E-state index in [1.54, 1.807) is 10.9 Å². The summed E-state index contributed by atoms with van der Waals surface area (Å²) in [6.45, 7) is 3.02. The number of esters is 1. The summed E-state index contributed by atoms with van der Waals surface area (Å²) in [4.78, 5) is 11.1. The highest BCUT2D eigenvalue weighted by Crippen LogP contribution is 2.15. The van der Waals surface area contributed by atoms with Crippen LogP contribution in [-0.4, -0.2) is 22.4 Å². The highest BCUT2D eigenvalue weighted by Gasteiger charge is 2.03. The zero-order chi connectivity index (χ0) is 12.7. The van der Waals surface area contributed by atoms with Crippen LogP contribution in [-0.2, 0) is 16.1 Å². The van der Waals surface area contributed by atoms with Crippen molar-refractivity contribution in [1.82, 2.24) is 9.78 Å². The summed E-state index contributed by atoms with van der Waals surface area (Å²) in [5.74, 6) is 0.233. The Balaban J connectivity index is 2.10. The number of unbranched alkanes of at least 4 members (excludes halogenated alkanes) is 2. The molecule has 5 nitrogen and oxygen atoms in total. The van der Waals surface area contributed by atoms with Crippen molar-refractivity contribution in [3.8, 4) is 0 Å². The number of hydrogen-bond acceptors (Lipinski definition) is 4. The summed E-state index contributed by atoms with van der Waals surface area (Å²) in [6, 6.07) is 0. The second-order valence-electron chi connectivity index (χ2n) is 3.74. The molecule has 1 aromatic rings. The van der Waals surface area contributed by atoms with Crippen LogP contribution in [0.25, 0.3) is 0 Å². The minimum atomic E-state index is -0.126. The number of nitrogens with two attached hydrogens (primary N) is 1. The number of nitrogens with zero attached hydrogens (tertiary/aromatic N) is 2. The minimum Gasteiger partial charge on any atom is -0.466 e. The normalized spacial score (nSPS) is 10.5. The van der Waals surface area contributed by atoms with E-state index in [2.05, 4.69) is 5.10 Å². The van der Waals surface area contributed by atoms with Gasteiger partial charge in [0.05, 0.1) is 6.61 Å². The van der Waals surface area contributed by atoms with Crippen LogP contribution in [0.3, 0.4) is 0 Å². The largest absolute Gasteiger partial charge is 0.466 e. The number of hydrogen-bond donors (Lipinski definition) is 1. The van der Waals surface area contributed by atoms with Crippen molar-refractivity contribution in [2.45, 2.75) is 39.2 Å². The molecule has 1 heterocycles. The smallest absolute Gasteiger partial charge is 0.305 e. The van der Waals surface area contributed by atoms with Gasteiger partial charge < -0.3 is 10.5 Å². The lowest BCUT2D eigenvalue weighted by atomic mass is 10.2. The molecule has 0 aliphatic heterocycles. The van der Waals surface area contributed by atoms with Gasteiger partial charge in [0.2, 0.25) is 0 Å². The molecule has 0 spiro atoms. The summed E-state index contributed by atoms with van der Waals surface area (Å²) >= 11 is 5.78. The molecular weight excluding hydrogens is 242 g/mol. The molecule has 0 atom stereocenters. The van der Waals surface area contributed by atoms with E-state index in [9.17, 15) is 4.79 Å². The van der Waals surface area contributed by atoms with Gasteiger partial charge in [0.25, 0.3) is 0 Å². The second-order valence-corrected chi connectivity index (χ2v) is 4.15. The highest BCUT2D eigenvalue weighted by molar-refractivity contribution is 6.32. The highest BCUT2D eigenvalue weighted by atomic mass is 35.5. The Morgan fingerprint density at radius 3 is 2.88 bits per heavy atom. The number of aryl methyl sites for hydroxylation is 1. The van der Waals surface area contributed by atoms with E-state index in [1.165, 1.54) is 0 Å². The number of nitrogen functional groups attached to an aromatic ring is 1. The van der Waals surface area contributed by atoms with Crippen molar-refractivity contribution in [2.24, 2.45) is 0 Å². The van der Waals surface area contributed by atoms with Crippen LogP contribution in [0.15, 0.2) is 6.20 Å². The Morgan fingerprint density at radius 2 is 2.29 bits per heavy atom. The number of rotatable bonds is 7. The molecule has 0 aliphatic rings. The molecule has 0 radical (unpaired) electrons. The van der Waals surface area contributed by atoms with Crippen LogP contribution < -0.4 is 5.73 Å². The average Bonchev–Trinajstić information content (AvgIpc) is 2.58. The molecule has 0 aliphatic carbocycles. The van der Waals surface area contributed by atoms with Crippen molar-refractivity contribution >= 4 is 23.4 Å². The van der Waals surface area contributed by atoms with Gasteiger partial charge in [-0.25, -0.2) is 0 Å². The molecule has 1 aromatic heterocycles. The maximum absolute atomic E-state index is 11.1. The first-order chi connectivity index (χ1) is 8.13. The minimum absolute atomic E-state index is 0.126. The van der Waals surface area contributed by atoms with Gasteiger partial charge in [-0.3, -0.25) is 9.48 Å². The number of carbonyl (C=O) groups excluding carboxylic acids is 1. The van der Waals surface area contributed by atoms with Crippen LogP contribution in [0.5, 0.6) is 0 Å². The zero-order valence-corrected chi connectivity index (χ0v) is 10.7. The SMILES string of the molecule is CCOC(=O)CCCCCn1cc(Cl)c(N)n1. The Bertz CT molecular complexity index is 346. The molecule has 0 fully saturated rings. The lowest BCUT2D eigenvalue weighted by Gasteiger charge is -2.02. The van der Waals surface area contributed by atoms with Gasteiger partial charge in [0, 0.05) is 19.2 Å². The fourth-order valence-corrected chi connectivity index (χ4v) is 1.63. The first kappa shape index (κ1) is 13.8. The van der Waals surface area contributed by atoms with Crippen molar-refractivity contribution in [3.05, 3.63) is 11.2 Å². The van der Waals surface area contributed by atoms with Gasteiger partial charge in [-0.15, -0.1) is 0 Å². The number of anilines is 1. The molecule has 2 N–H and O–H groups in total. The van der Waals surface area contributed by atoms with Crippen LogP contribution in [0.2, 0.25) is 5.02 Å². The first-order valence-electron chi connectivity index (χ1n) is 5.77. The first-order valence-corrected chi connectivity index (χ1v) is 6.15. The quantitative estimate of drug-likeness (QED) is 0.602. The van der Waals surface area contributed by atoms with Crippen LogP contribution >= 0.6 is 11.6 Å². The summed E-state index contributed by atoms with van der Waals surface area (Å²) in [5, 5.41) is 4.53. The Kier molecular flexibility index (Phi) is 5.83. The molecule has 0 aromatic carbocycles. The fraction of sp³-hybridized carbons (Fsp3) is 0.636. The van der Waals surface area contributed by atoms with Gasteiger partial charge in [-0.05, 0) is 19.8 Å². The number of aromatic nitrogens is 2. The van der Waals surface area contributed by atoms with E-state index in [4.69, 9.17) is 22.1 Å². The summed E-state index contributed by atoms with van der Waals surface area (Å²) < 4.78 is 6.56. The molecule has 17 heavy (non-hydrogen) atoms. The number of ether oxygens (including phenoxy) is 1. The van der Waals surface area contributed by atoms with Gasteiger partial charge in [0.15, 0.2) is 5.82 Å². The van der Waals surface area contributed by atoms with Gasteiger partial charge in [-0.2, -0.15) is 5.10 Å². The predicted molar refractivity (Wildman–Crippen MR) is 66.8 cm³/mol. The molecule has 0 saturated carbocycles. The van der Waals surface area contributed by atoms with Gasteiger partial charge in [-0.1, -0.05) is 18.0 Å². The molecule has 0 bridgehead atoms. The van der Waals surface area contributed by atoms with Crippen LogP contribution in [0.4, 0.5) is 5.82 Å².